The van der Waals surface area contributed by atoms with Crippen LogP contribution < -0.4 is 5.32 Å². The van der Waals surface area contributed by atoms with E-state index in [1.54, 1.807) is 18.2 Å². The van der Waals surface area contributed by atoms with E-state index in [4.69, 9.17) is 16.3 Å². The fraction of sp³-hybridized carbons (Fsp3) is 0.238. The van der Waals surface area contributed by atoms with E-state index in [-0.39, 0.29) is 18.0 Å². The van der Waals surface area contributed by atoms with Gasteiger partial charge in [-0.25, -0.2) is 4.79 Å². The first-order valence-corrected chi connectivity index (χ1v) is 10.2. The third-order valence-corrected chi connectivity index (χ3v) is 5.07. The highest BCUT2D eigenvalue weighted by molar-refractivity contribution is 9.10. The van der Waals surface area contributed by atoms with Gasteiger partial charge in [0.15, 0.2) is 0 Å². The summed E-state index contributed by atoms with van der Waals surface area (Å²) in [5, 5.41) is 4.15. The van der Waals surface area contributed by atoms with Gasteiger partial charge in [0.1, 0.15) is 6.54 Å². The minimum atomic E-state index is -0.489. The summed E-state index contributed by atoms with van der Waals surface area (Å²) in [4.78, 5) is 24.7. The number of anilines is 1. The number of esters is 1. The predicted molar refractivity (Wildman–Crippen MR) is 115 cm³/mol. The zero-order valence-electron chi connectivity index (χ0n) is 15.4. The lowest BCUT2D eigenvalue weighted by atomic mass is 10.2. The average Bonchev–Trinajstić information content (AvgIpc) is 3.05. The summed E-state index contributed by atoms with van der Waals surface area (Å²) in [5.74, 6) is -0.690. The molecule has 0 saturated carbocycles. The molecule has 0 fully saturated rings. The number of carbonyl (C=O) groups excluding carboxylic acids is 2. The number of unbranched alkanes of at least 4 members (excludes halogenated alkanes) is 1. The molecule has 1 aromatic heterocycles. The topological polar surface area (TPSA) is 60.3 Å². The van der Waals surface area contributed by atoms with Crippen molar-refractivity contribution in [2.24, 2.45) is 0 Å². The molecule has 7 heteroatoms. The largest absolute Gasteiger partial charge is 0.462 e. The molecule has 146 valence electrons. The van der Waals surface area contributed by atoms with Crippen molar-refractivity contribution in [3.8, 4) is 0 Å². The van der Waals surface area contributed by atoms with E-state index in [0.717, 1.165) is 28.2 Å². The van der Waals surface area contributed by atoms with Crippen molar-refractivity contribution >= 4 is 56.0 Å². The van der Waals surface area contributed by atoms with Crippen LogP contribution in [0.2, 0.25) is 5.02 Å². The number of fused-ring (bicyclic) bond motifs is 1. The number of hydrogen-bond acceptors (Lipinski definition) is 3. The van der Waals surface area contributed by atoms with Crippen molar-refractivity contribution in [1.82, 2.24) is 4.57 Å². The summed E-state index contributed by atoms with van der Waals surface area (Å²) in [6.45, 7) is 2.52. The first-order chi connectivity index (χ1) is 13.5. The Balaban J connectivity index is 1.69. The molecule has 3 rings (SSSR count). The highest BCUT2D eigenvalue weighted by Gasteiger charge is 2.14. The fourth-order valence-corrected chi connectivity index (χ4v) is 3.38. The summed E-state index contributed by atoms with van der Waals surface area (Å²) >= 11 is 9.56. The highest BCUT2D eigenvalue weighted by Crippen LogP contribution is 2.23. The maximum atomic E-state index is 12.5. The number of aromatic nitrogens is 1. The Bertz CT molecular complexity index is 1020. The molecule has 1 heterocycles. The second-order valence-electron chi connectivity index (χ2n) is 6.38. The lowest BCUT2D eigenvalue weighted by Gasteiger charge is -2.10. The van der Waals surface area contributed by atoms with Gasteiger partial charge < -0.3 is 14.6 Å². The summed E-state index contributed by atoms with van der Waals surface area (Å²) in [6.07, 6.45) is 3.60. The Kier molecular flexibility index (Phi) is 6.75. The standard InChI is InChI=1S/C21H20BrClN2O3/c1-2-3-10-28-21(27)17-12-16(5-6-18(17)23)24-20(26)13-25-9-8-14-11-15(22)4-7-19(14)25/h4-9,11-12H,2-3,10,13H2,1H3,(H,24,26). The van der Waals surface area contributed by atoms with Crippen LogP contribution in [0.1, 0.15) is 30.1 Å². The normalized spacial score (nSPS) is 10.8. The van der Waals surface area contributed by atoms with Gasteiger partial charge >= 0.3 is 5.97 Å². The van der Waals surface area contributed by atoms with Crippen LogP contribution in [-0.4, -0.2) is 23.1 Å². The highest BCUT2D eigenvalue weighted by atomic mass is 79.9. The quantitative estimate of drug-likeness (QED) is 0.364. The van der Waals surface area contributed by atoms with Crippen molar-refractivity contribution in [1.29, 1.82) is 0 Å². The van der Waals surface area contributed by atoms with E-state index in [1.807, 2.05) is 42.0 Å². The Hall–Kier alpha value is -2.31. The van der Waals surface area contributed by atoms with Crippen LogP contribution in [0.25, 0.3) is 10.9 Å². The number of benzene rings is 2. The van der Waals surface area contributed by atoms with Crippen molar-refractivity contribution in [2.75, 3.05) is 11.9 Å². The molecule has 1 N–H and O–H groups in total. The minimum Gasteiger partial charge on any atom is -0.462 e. The van der Waals surface area contributed by atoms with Gasteiger partial charge in [0.25, 0.3) is 0 Å². The Morgan fingerprint density at radius 3 is 2.79 bits per heavy atom. The van der Waals surface area contributed by atoms with E-state index in [2.05, 4.69) is 21.2 Å². The van der Waals surface area contributed by atoms with Gasteiger partial charge in [0, 0.05) is 27.3 Å². The van der Waals surface area contributed by atoms with Gasteiger partial charge in [-0.05, 0) is 48.9 Å². The molecule has 0 aliphatic heterocycles. The van der Waals surface area contributed by atoms with Crippen molar-refractivity contribution in [3.63, 3.8) is 0 Å². The van der Waals surface area contributed by atoms with Crippen molar-refractivity contribution in [2.45, 2.75) is 26.3 Å². The molecule has 0 atom stereocenters. The summed E-state index contributed by atoms with van der Waals surface area (Å²) in [7, 11) is 0. The molecular weight excluding hydrogens is 444 g/mol. The molecule has 0 unspecified atom stereocenters. The predicted octanol–water partition coefficient (Wildman–Crippen LogP) is 5.65. The molecule has 0 aliphatic rings. The summed E-state index contributed by atoms with van der Waals surface area (Å²) in [6, 6.07) is 12.6. The van der Waals surface area contributed by atoms with Crippen LogP contribution in [0, 0.1) is 0 Å². The van der Waals surface area contributed by atoms with Crippen LogP contribution in [-0.2, 0) is 16.1 Å². The van der Waals surface area contributed by atoms with E-state index >= 15 is 0 Å². The monoisotopic (exact) mass is 462 g/mol. The third kappa shape index (κ3) is 4.94. The van der Waals surface area contributed by atoms with Gasteiger partial charge in [-0.2, -0.15) is 0 Å². The first-order valence-electron chi connectivity index (χ1n) is 8.99. The molecule has 0 saturated heterocycles. The zero-order chi connectivity index (χ0) is 20.1. The Morgan fingerprint density at radius 2 is 2.00 bits per heavy atom. The SMILES string of the molecule is CCCCOC(=O)c1cc(NC(=O)Cn2ccc3cc(Br)ccc32)ccc1Cl. The van der Waals surface area contributed by atoms with Crippen molar-refractivity contribution < 1.29 is 14.3 Å². The molecule has 0 spiro atoms. The van der Waals surface area contributed by atoms with E-state index in [9.17, 15) is 9.59 Å². The van der Waals surface area contributed by atoms with E-state index < -0.39 is 5.97 Å². The molecule has 3 aromatic rings. The smallest absolute Gasteiger partial charge is 0.339 e. The number of nitrogens with zero attached hydrogens (tertiary/aromatic N) is 1. The van der Waals surface area contributed by atoms with Gasteiger partial charge in [-0.15, -0.1) is 0 Å². The molecule has 0 radical (unpaired) electrons. The molecule has 0 bridgehead atoms. The van der Waals surface area contributed by atoms with Crippen LogP contribution in [0.4, 0.5) is 5.69 Å². The molecule has 0 aliphatic carbocycles. The number of carbonyl (C=O) groups is 2. The fourth-order valence-electron chi connectivity index (χ4n) is 2.81. The molecule has 28 heavy (non-hydrogen) atoms. The van der Waals surface area contributed by atoms with Crippen LogP contribution in [0.3, 0.4) is 0 Å². The van der Waals surface area contributed by atoms with Gasteiger partial charge in [0.2, 0.25) is 5.91 Å². The lowest BCUT2D eigenvalue weighted by Crippen LogP contribution is -2.18. The van der Waals surface area contributed by atoms with Gasteiger partial charge in [-0.1, -0.05) is 40.9 Å². The zero-order valence-corrected chi connectivity index (χ0v) is 17.7. The average molecular weight is 464 g/mol. The second-order valence-corrected chi connectivity index (χ2v) is 7.70. The lowest BCUT2D eigenvalue weighted by molar-refractivity contribution is -0.116. The summed E-state index contributed by atoms with van der Waals surface area (Å²) in [5.41, 5.74) is 1.71. The van der Waals surface area contributed by atoms with Gasteiger partial charge in [0.05, 0.1) is 17.2 Å². The number of rotatable bonds is 7. The summed E-state index contributed by atoms with van der Waals surface area (Å²) < 4.78 is 8.06. The molecule has 1 amide bonds. The Labute approximate surface area is 176 Å². The second kappa shape index (κ2) is 9.26. The number of hydrogen-bond donors (Lipinski definition) is 1. The number of nitrogens with one attached hydrogen (secondary N) is 1. The van der Waals surface area contributed by atoms with E-state index in [1.165, 1.54) is 0 Å². The van der Waals surface area contributed by atoms with Gasteiger partial charge in [-0.3, -0.25) is 4.79 Å². The van der Waals surface area contributed by atoms with Crippen molar-refractivity contribution in [3.05, 3.63) is 63.7 Å². The number of ether oxygens (including phenoxy) is 1. The third-order valence-electron chi connectivity index (χ3n) is 4.25. The maximum absolute atomic E-state index is 12.5. The van der Waals surface area contributed by atoms with Crippen LogP contribution in [0.15, 0.2) is 53.1 Å². The number of halogens is 2. The molecule has 2 aromatic carbocycles. The first kappa shape index (κ1) is 20.4. The van der Waals surface area contributed by atoms with Crippen LogP contribution in [0.5, 0.6) is 0 Å². The maximum Gasteiger partial charge on any atom is 0.339 e. The number of amides is 1. The molecular formula is C21H20BrClN2O3. The molecule has 5 nitrogen and oxygen atoms in total. The van der Waals surface area contributed by atoms with Crippen LogP contribution >= 0.6 is 27.5 Å². The van der Waals surface area contributed by atoms with E-state index in [0.29, 0.717) is 17.3 Å². The minimum absolute atomic E-state index is 0.157. The Morgan fingerprint density at radius 1 is 1.18 bits per heavy atom.